The summed E-state index contributed by atoms with van der Waals surface area (Å²) in [6, 6.07) is 5.99. The molecule has 1 aliphatic carbocycles. The molecular weight excluding hydrogens is 459 g/mol. The number of carbonyl (C=O) groups excluding carboxylic acids is 1. The van der Waals surface area contributed by atoms with E-state index in [-0.39, 0.29) is 36.4 Å². The molecule has 27 heavy (non-hydrogen) atoms. The SMILES string of the molecule is CN=C(NCC(=O)NC1CCCCC1)Nc1ccc2c(c1)OCCCO2.I. The van der Waals surface area contributed by atoms with Gasteiger partial charge in [-0.3, -0.25) is 9.79 Å². The topological polar surface area (TPSA) is 84.0 Å². The van der Waals surface area contributed by atoms with Crippen LogP contribution in [0.1, 0.15) is 38.5 Å². The molecule has 8 heteroatoms. The van der Waals surface area contributed by atoms with Crippen LogP contribution >= 0.6 is 24.0 Å². The Morgan fingerprint density at radius 1 is 1.11 bits per heavy atom. The van der Waals surface area contributed by atoms with Gasteiger partial charge in [-0.1, -0.05) is 19.3 Å². The molecule has 1 amide bonds. The number of nitrogens with one attached hydrogen (secondary N) is 3. The van der Waals surface area contributed by atoms with E-state index < -0.39 is 0 Å². The van der Waals surface area contributed by atoms with E-state index in [9.17, 15) is 4.79 Å². The van der Waals surface area contributed by atoms with Gasteiger partial charge in [-0.2, -0.15) is 0 Å². The van der Waals surface area contributed by atoms with Gasteiger partial charge in [0.05, 0.1) is 19.8 Å². The van der Waals surface area contributed by atoms with E-state index in [2.05, 4.69) is 20.9 Å². The molecule has 0 radical (unpaired) electrons. The third kappa shape index (κ3) is 6.75. The predicted octanol–water partition coefficient (Wildman–Crippen LogP) is 2.90. The standard InChI is InChI=1S/C19H28N4O3.HI/c1-20-19(21-13-18(24)22-14-6-3-2-4-7-14)23-15-8-9-16-17(12-15)26-11-5-10-25-16;/h8-9,12,14H,2-7,10-11,13H2,1H3,(H,22,24)(H2,20,21,23);1H. The van der Waals surface area contributed by atoms with Gasteiger partial charge >= 0.3 is 0 Å². The number of nitrogens with zero attached hydrogens (tertiary/aromatic N) is 1. The molecule has 0 spiro atoms. The molecule has 1 saturated carbocycles. The summed E-state index contributed by atoms with van der Waals surface area (Å²) in [6.07, 6.45) is 6.71. The van der Waals surface area contributed by atoms with E-state index in [0.717, 1.165) is 36.4 Å². The van der Waals surface area contributed by atoms with Crippen LogP contribution in [0.2, 0.25) is 0 Å². The summed E-state index contributed by atoms with van der Waals surface area (Å²) in [6.45, 7) is 1.50. The lowest BCUT2D eigenvalue weighted by molar-refractivity contribution is -0.120. The Balaban J connectivity index is 0.00000261. The molecule has 1 fully saturated rings. The van der Waals surface area contributed by atoms with Crippen molar-refractivity contribution < 1.29 is 14.3 Å². The van der Waals surface area contributed by atoms with Gasteiger partial charge in [-0.25, -0.2) is 0 Å². The molecule has 150 valence electrons. The fourth-order valence-electron chi connectivity index (χ4n) is 3.25. The van der Waals surface area contributed by atoms with Crippen molar-refractivity contribution in [2.24, 2.45) is 4.99 Å². The van der Waals surface area contributed by atoms with Crippen LogP contribution in [0.25, 0.3) is 0 Å². The Morgan fingerprint density at radius 3 is 2.59 bits per heavy atom. The minimum absolute atomic E-state index is 0. The molecule has 0 saturated heterocycles. The lowest BCUT2D eigenvalue weighted by atomic mass is 9.95. The Bertz CT molecular complexity index is 648. The third-order valence-corrected chi connectivity index (χ3v) is 4.62. The first kappa shape index (κ1) is 21.6. The molecule has 1 aliphatic heterocycles. The molecular formula is C19H29IN4O3. The van der Waals surface area contributed by atoms with Crippen molar-refractivity contribution in [3.63, 3.8) is 0 Å². The van der Waals surface area contributed by atoms with Crippen molar-refractivity contribution >= 4 is 41.5 Å². The molecule has 0 atom stereocenters. The first-order valence-electron chi connectivity index (χ1n) is 9.41. The van der Waals surface area contributed by atoms with Crippen molar-refractivity contribution in [2.75, 3.05) is 32.1 Å². The van der Waals surface area contributed by atoms with Gasteiger partial charge in [0.25, 0.3) is 0 Å². The Labute approximate surface area is 177 Å². The minimum atomic E-state index is -0.00138. The van der Waals surface area contributed by atoms with E-state index in [4.69, 9.17) is 9.47 Å². The maximum absolute atomic E-state index is 12.1. The smallest absolute Gasteiger partial charge is 0.239 e. The zero-order valence-corrected chi connectivity index (χ0v) is 18.1. The van der Waals surface area contributed by atoms with Gasteiger partial charge in [0.2, 0.25) is 5.91 Å². The van der Waals surface area contributed by atoms with E-state index in [1.54, 1.807) is 7.05 Å². The highest BCUT2D eigenvalue weighted by molar-refractivity contribution is 14.0. The Kier molecular flexibility index (Phi) is 8.96. The summed E-state index contributed by atoms with van der Waals surface area (Å²) >= 11 is 0. The second-order valence-corrected chi connectivity index (χ2v) is 6.67. The zero-order valence-electron chi connectivity index (χ0n) is 15.8. The number of aliphatic imine (C=N–C) groups is 1. The van der Waals surface area contributed by atoms with E-state index >= 15 is 0 Å². The van der Waals surface area contributed by atoms with Crippen LogP contribution in [0, 0.1) is 0 Å². The highest BCUT2D eigenvalue weighted by atomic mass is 127. The van der Waals surface area contributed by atoms with Crippen LogP contribution in [0.5, 0.6) is 11.5 Å². The largest absolute Gasteiger partial charge is 0.490 e. The number of anilines is 1. The molecule has 2 aliphatic rings. The van der Waals surface area contributed by atoms with Gasteiger partial charge in [0.1, 0.15) is 0 Å². The number of rotatable bonds is 4. The van der Waals surface area contributed by atoms with Crippen LogP contribution in [0.4, 0.5) is 5.69 Å². The zero-order chi connectivity index (χ0) is 18.2. The summed E-state index contributed by atoms with van der Waals surface area (Å²) in [7, 11) is 1.68. The molecule has 0 bridgehead atoms. The maximum Gasteiger partial charge on any atom is 0.239 e. The number of hydrogen-bond donors (Lipinski definition) is 3. The summed E-state index contributed by atoms with van der Waals surface area (Å²) in [4.78, 5) is 16.3. The van der Waals surface area contributed by atoms with Gasteiger partial charge < -0.3 is 25.4 Å². The predicted molar refractivity (Wildman–Crippen MR) is 117 cm³/mol. The quantitative estimate of drug-likeness (QED) is 0.345. The van der Waals surface area contributed by atoms with Crippen LogP contribution in [0.15, 0.2) is 23.2 Å². The minimum Gasteiger partial charge on any atom is -0.490 e. The van der Waals surface area contributed by atoms with Crippen LogP contribution in [-0.4, -0.2) is 44.7 Å². The van der Waals surface area contributed by atoms with Crippen LogP contribution < -0.4 is 25.4 Å². The lowest BCUT2D eigenvalue weighted by Gasteiger charge is -2.23. The molecule has 3 rings (SSSR count). The number of hydrogen-bond acceptors (Lipinski definition) is 4. The number of ether oxygens (including phenoxy) is 2. The average molecular weight is 488 g/mol. The first-order chi connectivity index (χ1) is 12.7. The van der Waals surface area contributed by atoms with Gasteiger partial charge in [0.15, 0.2) is 17.5 Å². The number of benzene rings is 1. The van der Waals surface area contributed by atoms with Crippen molar-refractivity contribution in [3.8, 4) is 11.5 Å². The summed E-state index contributed by atoms with van der Waals surface area (Å²) in [5, 5.41) is 9.33. The molecule has 0 aromatic heterocycles. The molecule has 1 heterocycles. The van der Waals surface area contributed by atoms with Gasteiger partial charge in [0, 0.05) is 31.3 Å². The van der Waals surface area contributed by atoms with Crippen molar-refractivity contribution in [2.45, 2.75) is 44.6 Å². The third-order valence-electron chi connectivity index (χ3n) is 4.62. The Hall–Kier alpha value is -1.71. The van der Waals surface area contributed by atoms with Crippen molar-refractivity contribution in [1.29, 1.82) is 0 Å². The van der Waals surface area contributed by atoms with Crippen LogP contribution in [-0.2, 0) is 4.79 Å². The first-order valence-corrected chi connectivity index (χ1v) is 9.41. The highest BCUT2D eigenvalue weighted by Crippen LogP contribution is 2.32. The Morgan fingerprint density at radius 2 is 1.85 bits per heavy atom. The summed E-state index contributed by atoms with van der Waals surface area (Å²) < 4.78 is 11.3. The number of carbonyl (C=O) groups is 1. The fraction of sp³-hybridized carbons (Fsp3) is 0.579. The summed E-state index contributed by atoms with van der Waals surface area (Å²) in [5.74, 6) is 2.01. The number of fused-ring (bicyclic) bond motifs is 1. The number of guanidine groups is 1. The van der Waals surface area contributed by atoms with Crippen molar-refractivity contribution in [1.82, 2.24) is 10.6 Å². The normalized spacial score (nSPS) is 17.3. The molecule has 7 nitrogen and oxygen atoms in total. The lowest BCUT2D eigenvalue weighted by Crippen LogP contribution is -2.44. The average Bonchev–Trinajstić information content (AvgIpc) is 2.91. The number of halogens is 1. The summed E-state index contributed by atoms with van der Waals surface area (Å²) in [5.41, 5.74) is 0.829. The monoisotopic (exact) mass is 488 g/mol. The van der Waals surface area contributed by atoms with E-state index in [1.807, 2.05) is 18.2 Å². The van der Waals surface area contributed by atoms with E-state index in [0.29, 0.717) is 25.2 Å². The van der Waals surface area contributed by atoms with Crippen molar-refractivity contribution in [3.05, 3.63) is 18.2 Å². The van der Waals surface area contributed by atoms with Gasteiger partial charge in [-0.05, 0) is 25.0 Å². The molecule has 3 N–H and O–H groups in total. The molecule has 1 aromatic rings. The maximum atomic E-state index is 12.1. The highest BCUT2D eigenvalue weighted by Gasteiger charge is 2.16. The van der Waals surface area contributed by atoms with Gasteiger partial charge in [-0.15, -0.1) is 24.0 Å². The fourth-order valence-corrected chi connectivity index (χ4v) is 3.25. The second kappa shape index (κ2) is 11.2. The van der Waals surface area contributed by atoms with Crippen LogP contribution in [0.3, 0.4) is 0 Å². The number of amides is 1. The van der Waals surface area contributed by atoms with E-state index in [1.165, 1.54) is 19.3 Å². The second-order valence-electron chi connectivity index (χ2n) is 6.67. The molecule has 1 aromatic carbocycles. The molecule has 0 unspecified atom stereocenters.